The Kier molecular flexibility index (Phi) is 5.44. The van der Waals surface area contributed by atoms with Gasteiger partial charge in [0.05, 0.1) is 23.5 Å². The van der Waals surface area contributed by atoms with E-state index >= 15 is 0 Å². The van der Waals surface area contributed by atoms with Crippen LogP contribution in [0.3, 0.4) is 0 Å². The Hall–Kier alpha value is -3.39. The van der Waals surface area contributed by atoms with E-state index in [-0.39, 0.29) is 5.91 Å². The van der Waals surface area contributed by atoms with E-state index in [2.05, 4.69) is 20.7 Å². The molecule has 0 fully saturated rings. The minimum Gasteiger partial charge on any atom is -0.497 e. The molecule has 1 amide bonds. The third kappa shape index (κ3) is 4.38. The van der Waals surface area contributed by atoms with Crippen molar-refractivity contribution in [3.8, 4) is 5.75 Å². The number of aromatic nitrogens is 3. The summed E-state index contributed by atoms with van der Waals surface area (Å²) in [6.07, 6.45) is 2.49. The van der Waals surface area contributed by atoms with Crippen molar-refractivity contribution < 1.29 is 9.53 Å². The van der Waals surface area contributed by atoms with Crippen molar-refractivity contribution in [1.82, 2.24) is 20.1 Å². The van der Waals surface area contributed by atoms with E-state index in [1.54, 1.807) is 24.1 Å². The normalized spacial score (nSPS) is 10.8. The molecule has 8 heteroatoms. The van der Waals surface area contributed by atoms with Gasteiger partial charge in [-0.05, 0) is 42.3 Å². The largest absolute Gasteiger partial charge is 0.497 e. The Morgan fingerprint density at radius 1 is 1.17 bits per heavy atom. The van der Waals surface area contributed by atoms with E-state index < -0.39 is 0 Å². The van der Waals surface area contributed by atoms with E-state index in [0.717, 1.165) is 38.9 Å². The molecular formula is C21H21N5O2S. The zero-order chi connectivity index (χ0) is 20.2. The lowest BCUT2D eigenvalue weighted by molar-refractivity contribution is 0.0954. The van der Waals surface area contributed by atoms with Gasteiger partial charge in [-0.3, -0.25) is 9.48 Å². The second kappa shape index (κ2) is 8.32. The molecule has 29 heavy (non-hydrogen) atoms. The summed E-state index contributed by atoms with van der Waals surface area (Å²) in [6, 6.07) is 15.3. The number of hydrogen-bond donors (Lipinski definition) is 2. The van der Waals surface area contributed by atoms with Gasteiger partial charge >= 0.3 is 0 Å². The Morgan fingerprint density at radius 3 is 2.72 bits per heavy atom. The van der Waals surface area contributed by atoms with Crippen molar-refractivity contribution in [3.05, 3.63) is 65.9 Å². The predicted molar refractivity (Wildman–Crippen MR) is 115 cm³/mol. The number of fused-ring (bicyclic) bond motifs is 1. The monoisotopic (exact) mass is 407 g/mol. The van der Waals surface area contributed by atoms with Crippen LogP contribution in [-0.4, -0.2) is 34.3 Å². The highest BCUT2D eigenvalue weighted by Gasteiger charge is 2.10. The summed E-state index contributed by atoms with van der Waals surface area (Å²) in [5, 5.41) is 11.1. The van der Waals surface area contributed by atoms with E-state index in [1.807, 2.05) is 49.5 Å². The van der Waals surface area contributed by atoms with Crippen molar-refractivity contribution in [2.24, 2.45) is 7.05 Å². The summed E-state index contributed by atoms with van der Waals surface area (Å²) in [6.45, 7) is 0.569. The van der Waals surface area contributed by atoms with Crippen LogP contribution >= 0.6 is 11.3 Å². The molecule has 4 rings (SSSR count). The molecule has 2 N–H and O–H groups in total. The van der Waals surface area contributed by atoms with Gasteiger partial charge in [-0.25, -0.2) is 4.98 Å². The van der Waals surface area contributed by atoms with Crippen LogP contribution in [0, 0.1) is 0 Å². The number of carbonyl (C=O) groups excluding carboxylic acids is 1. The molecule has 0 unspecified atom stereocenters. The van der Waals surface area contributed by atoms with Gasteiger partial charge in [-0.15, -0.1) is 0 Å². The van der Waals surface area contributed by atoms with Crippen LogP contribution in [0.2, 0.25) is 0 Å². The highest BCUT2D eigenvalue weighted by atomic mass is 32.1. The van der Waals surface area contributed by atoms with Crippen molar-refractivity contribution >= 4 is 38.4 Å². The summed E-state index contributed by atoms with van der Waals surface area (Å²) >= 11 is 1.50. The van der Waals surface area contributed by atoms with Crippen molar-refractivity contribution in [2.45, 2.75) is 6.42 Å². The van der Waals surface area contributed by atoms with Gasteiger partial charge in [0, 0.05) is 25.2 Å². The molecule has 0 radical (unpaired) electrons. The average Bonchev–Trinajstić information content (AvgIpc) is 3.33. The molecule has 2 heterocycles. The number of benzene rings is 2. The number of rotatable bonds is 7. The van der Waals surface area contributed by atoms with Crippen molar-refractivity contribution in [2.75, 3.05) is 19.0 Å². The first kappa shape index (κ1) is 18.9. The standard InChI is InChI=1S/C21H21N5O2S/c1-26-19(10-12-23-26)25-21-24-17-8-5-15(13-18(17)29-21)20(27)22-11-9-14-3-6-16(28-2)7-4-14/h3-8,10,12-13H,9,11H2,1-2H3,(H,22,27)(H,24,25). The minimum atomic E-state index is -0.0880. The lowest BCUT2D eigenvalue weighted by atomic mass is 10.1. The molecule has 4 aromatic rings. The molecule has 0 saturated heterocycles. The van der Waals surface area contributed by atoms with Gasteiger partial charge in [0.1, 0.15) is 11.6 Å². The Labute approximate surface area is 172 Å². The zero-order valence-corrected chi connectivity index (χ0v) is 17.0. The van der Waals surface area contributed by atoms with Crippen molar-refractivity contribution in [3.63, 3.8) is 0 Å². The van der Waals surface area contributed by atoms with Gasteiger partial charge in [-0.2, -0.15) is 5.10 Å². The summed E-state index contributed by atoms with van der Waals surface area (Å²) in [5.74, 6) is 1.60. The number of carbonyl (C=O) groups is 1. The maximum Gasteiger partial charge on any atom is 0.251 e. The van der Waals surface area contributed by atoms with Gasteiger partial charge < -0.3 is 15.4 Å². The summed E-state index contributed by atoms with van der Waals surface area (Å²) < 4.78 is 7.86. The topological polar surface area (TPSA) is 81.1 Å². The summed E-state index contributed by atoms with van der Waals surface area (Å²) in [5.41, 5.74) is 2.63. The molecule has 0 aliphatic rings. The summed E-state index contributed by atoms with van der Waals surface area (Å²) in [7, 11) is 3.51. The lowest BCUT2D eigenvalue weighted by Crippen LogP contribution is -2.25. The van der Waals surface area contributed by atoms with Crippen LogP contribution in [0.5, 0.6) is 5.75 Å². The molecule has 0 atom stereocenters. The number of thiazole rings is 1. The number of methoxy groups -OCH3 is 1. The first-order valence-corrected chi connectivity index (χ1v) is 10.0. The Morgan fingerprint density at radius 2 is 2.00 bits per heavy atom. The number of amides is 1. The van der Waals surface area contributed by atoms with E-state index in [4.69, 9.17) is 4.74 Å². The minimum absolute atomic E-state index is 0.0880. The number of aryl methyl sites for hydroxylation is 1. The molecule has 7 nitrogen and oxygen atoms in total. The predicted octanol–water partition coefficient (Wildman–Crippen LogP) is 3.75. The zero-order valence-electron chi connectivity index (χ0n) is 16.2. The molecular weight excluding hydrogens is 386 g/mol. The number of ether oxygens (including phenoxy) is 1. The molecule has 0 aliphatic carbocycles. The van der Waals surface area contributed by atoms with Crippen LogP contribution in [0.25, 0.3) is 10.2 Å². The maximum atomic E-state index is 12.5. The molecule has 0 spiro atoms. The first-order chi connectivity index (χ1) is 14.1. The van der Waals surface area contributed by atoms with Gasteiger partial charge in [0.15, 0.2) is 5.13 Å². The third-order valence-corrected chi connectivity index (χ3v) is 5.50. The molecule has 2 aromatic carbocycles. The smallest absolute Gasteiger partial charge is 0.251 e. The van der Waals surface area contributed by atoms with Crippen LogP contribution in [0.15, 0.2) is 54.7 Å². The lowest BCUT2D eigenvalue weighted by Gasteiger charge is -2.06. The fourth-order valence-electron chi connectivity index (χ4n) is 2.94. The molecule has 2 aromatic heterocycles. The van der Waals surface area contributed by atoms with Crippen LogP contribution in [0.4, 0.5) is 10.9 Å². The molecule has 0 saturated carbocycles. The maximum absolute atomic E-state index is 12.5. The fourth-order valence-corrected chi connectivity index (χ4v) is 3.85. The van der Waals surface area contributed by atoms with E-state index in [1.165, 1.54) is 11.3 Å². The number of hydrogen-bond acceptors (Lipinski definition) is 6. The highest BCUT2D eigenvalue weighted by molar-refractivity contribution is 7.22. The van der Waals surface area contributed by atoms with E-state index in [9.17, 15) is 4.79 Å². The second-order valence-electron chi connectivity index (χ2n) is 6.52. The van der Waals surface area contributed by atoms with Crippen molar-refractivity contribution in [1.29, 1.82) is 0 Å². The second-order valence-corrected chi connectivity index (χ2v) is 7.55. The molecule has 0 bridgehead atoms. The first-order valence-electron chi connectivity index (χ1n) is 9.19. The highest BCUT2D eigenvalue weighted by Crippen LogP contribution is 2.28. The van der Waals surface area contributed by atoms with Crippen LogP contribution in [0.1, 0.15) is 15.9 Å². The molecule has 0 aliphatic heterocycles. The fraction of sp³-hybridized carbons (Fsp3) is 0.190. The number of nitrogens with one attached hydrogen (secondary N) is 2. The SMILES string of the molecule is COc1ccc(CCNC(=O)c2ccc3nc(Nc4ccnn4C)sc3c2)cc1. The quantitative estimate of drug-likeness (QED) is 0.488. The third-order valence-electron chi connectivity index (χ3n) is 4.56. The van der Waals surface area contributed by atoms with Gasteiger partial charge in [0.25, 0.3) is 5.91 Å². The van der Waals surface area contributed by atoms with Gasteiger partial charge in [-0.1, -0.05) is 23.5 Å². The average molecular weight is 407 g/mol. The van der Waals surface area contributed by atoms with Crippen LogP contribution in [-0.2, 0) is 13.5 Å². The number of anilines is 2. The Balaban J connectivity index is 1.39. The summed E-state index contributed by atoms with van der Waals surface area (Å²) in [4.78, 5) is 17.1. The molecule has 148 valence electrons. The Bertz CT molecular complexity index is 1130. The van der Waals surface area contributed by atoms with Crippen LogP contribution < -0.4 is 15.4 Å². The van der Waals surface area contributed by atoms with E-state index in [0.29, 0.717) is 12.1 Å². The van der Waals surface area contributed by atoms with Gasteiger partial charge in [0.2, 0.25) is 0 Å². The number of nitrogens with zero attached hydrogens (tertiary/aromatic N) is 3.